The van der Waals surface area contributed by atoms with E-state index in [0.717, 1.165) is 0 Å². The van der Waals surface area contributed by atoms with Gasteiger partial charge in [-0.15, -0.1) is 0 Å². The summed E-state index contributed by atoms with van der Waals surface area (Å²) in [5, 5.41) is 0. The molecule has 0 spiro atoms. The Kier molecular flexibility index (Phi) is 4.33. The molecule has 0 aromatic heterocycles. The molecular formula is C18H21F3N2. The number of nitrogens with two attached hydrogens (primary N) is 2. The lowest BCUT2D eigenvalue weighted by Crippen LogP contribution is -2.25. The van der Waals surface area contributed by atoms with Gasteiger partial charge in [-0.25, -0.2) is 0 Å². The van der Waals surface area contributed by atoms with Crippen molar-refractivity contribution in [2.45, 2.75) is 39.8 Å². The summed E-state index contributed by atoms with van der Waals surface area (Å²) in [7, 11) is 0. The lowest BCUT2D eigenvalue weighted by Gasteiger charge is -2.28. The molecule has 2 rings (SSSR count). The van der Waals surface area contributed by atoms with Crippen molar-refractivity contribution in [2.24, 2.45) is 0 Å². The maximum atomic E-state index is 14.0. The third-order valence-corrected chi connectivity index (χ3v) is 4.14. The van der Waals surface area contributed by atoms with Crippen LogP contribution in [0.2, 0.25) is 0 Å². The highest BCUT2D eigenvalue weighted by molar-refractivity contribution is 5.57. The van der Waals surface area contributed by atoms with Crippen LogP contribution in [0.1, 0.15) is 39.3 Å². The Labute approximate surface area is 134 Å². The second kappa shape index (κ2) is 5.80. The predicted molar refractivity (Wildman–Crippen MR) is 88.6 cm³/mol. The molecule has 4 N–H and O–H groups in total. The summed E-state index contributed by atoms with van der Waals surface area (Å²) in [4.78, 5) is 0. The van der Waals surface area contributed by atoms with E-state index < -0.39 is 12.1 Å². The molecule has 0 aliphatic heterocycles. The molecule has 23 heavy (non-hydrogen) atoms. The van der Waals surface area contributed by atoms with E-state index in [-0.39, 0.29) is 11.1 Å². The standard InChI is InChI=1S/C18H21F3N2/c1-9-5-13(22)6-10(2)15(9)17(18(19,20)21)16-11(3)7-14(23)8-12(16)4/h5-8,17H,22-23H2,1-4H3. The Morgan fingerprint density at radius 3 is 1.17 bits per heavy atom. The smallest absolute Gasteiger partial charge is 0.399 e. The molecule has 0 aliphatic carbocycles. The van der Waals surface area contributed by atoms with Crippen molar-refractivity contribution < 1.29 is 13.2 Å². The number of alkyl halides is 3. The molecule has 0 saturated heterocycles. The Balaban J connectivity index is 2.81. The Bertz CT molecular complexity index is 645. The van der Waals surface area contributed by atoms with Crippen molar-refractivity contribution in [1.82, 2.24) is 0 Å². The van der Waals surface area contributed by atoms with Crippen LogP contribution in [0.3, 0.4) is 0 Å². The molecule has 2 aromatic carbocycles. The molecule has 5 heteroatoms. The number of anilines is 2. The van der Waals surface area contributed by atoms with Crippen LogP contribution in [0, 0.1) is 27.7 Å². The summed E-state index contributed by atoms with van der Waals surface area (Å²) in [6, 6.07) is 6.35. The first-order valence-electron chi connectivity index (χ1n) is 7.32. The molecule has 0 aliphatic rings. The Hall–Kier alpha value is -2.17. The van der Waals surface area contributed by atoms with Crippen molar-refractivity contribution in [1.29, 1.82) is 0 Å². The van der Waals surface area contributed by atoms with E-state index >= 15 is 0 Å². The molecule has 0 heterocycles. The second-order valence-electron chi connectivity index (χ2n) is 6.11. The average molecular weight is 322 g/mol. The van der Waals surface area contributed by atoms with Gasteiger partial charge in [0.1, 0.15) is 5.92 Å². The fraction of sp³-hybridized carbons (Fsp3) is 0.333. The molecule has 0 radical (unpaired) electrons. The van der Waals surface area contributed by atoms with E-state index in [0.29, 0.717) is 33.6 Å². The zero-order valence-electron chi connectivity index (χ0n) is 13.7. The maximum Gasteiger partial charge on any atom is 0.399 e. The quantitative estimate of drug-likeness (QED) is 0.782. The van der Waals surface area contributed by atoms with E-state index in [9.17, 15) is 13.2 Å². The van der Waals surface area contributed by atoms with Crippen molar-refractivity contribution in [3.63, 3.8) is 0 Å². The van der Waals surface area contributed by atoms with Crippen LogP contribution in [0.15, 0.2) is 24.3 Å². The molecule has 0 atom stereocenters. The first-order chi connectivity index (χ1) is 10.5. The van der Waals surface area contributed by atoms with Crippen LogP contribution in [-0.2, 0) is 0 Å². The molecule has 0 saturated carbocycles. The highest BCUT2D eigenvalue weighted by atomic mass is 19.4. The second-order valence-corrected chi connectivity index (χ2v) is 6.11. The van der Waals surface area contributed by atoms with Gasteiger partial charge >= 0.3 is 6.18 Å². The Morgan fingerprint density at radius 1 is 0.696 bits per heavy atom. The van der Waals surface area contributed by atoms with Gasteiger partial charge in [0.2, 0.25) is 0 Å². The molecule has 0 unspecified atom stereocenters. The van der Waals surface area contributed by atoms with E-state index in [2.05, 4.69) is 0 Å². The molecular weight excluding hydrogens is 301 g/mol. The summed E-state index contributed by atoms with van der Waals surface area (Å²) in [5.74, 6) is -1.69. The minimum atomic E-state index is -4.41. The monoisotopic (exact) mass is 322 g/mol. The third-order valence-electron chi connectivity index (χ3n) is 4.14. The highest BCUT2D eigenvalue weighted by Crippen LogP contribution is 2.45. The lowest BCUT2D eigenvalue weighted by atomic mass is 9.81. The van der Waals surface area contributed by atoms with Gasteiger partial charge in [-0.05, 0) is 85.3 Å². The first kappa shape index (κ1) is 17.2. The summed E-state index contributed by atoms with van der Waals surface area (Å²) in [6.45, 7) is 6.66. The molecule has 2 nitrogen and oxygen atoms in total. The number of nitrogen functional groups attached to an aromatic ring is 2. The number of benzene rings is 2. The van der Waals surface area contributed by atoms with Gasteiger partial charge < -0.3 is 11.5 Å². The van der Waals surface area contributed by atoms with E-state index in [1.165, 1.54) is 0 Å². The normalized spacial score (nSPS) is 12.0. The van der Waals surface area contributed by atoms with Gasteiger partial charge in [0.25, 0.3) is 0 Å². The topological polar surface area (TPSA) is 52.0 Å². The van der Waals surface area contributed by atoms with Crippen molar-refractivity contribution in [2.75, 3.05) is 11.5 Å². The zero-order chi connectivity index (χ0) is 17.5. The van der Waals surface area contributed by atoms with Crippen LogP contribution in [0.5, 0.6) is 0 Å². The number of hydrogen-bond donors (Lipinski definition) is 2. The van der Waals surface area contributed by atoms with Gasteiger partial charge in [-0.1, -0.05) is 0 Å². The van der Waals surface area contributed by atoms with Gasteiger partial charge in [-0.3, -0.25) is 0 Å². The minimum Gasteiger partial charge on any atom is -0.399 e. The summed E-state index contributed by atoms with van der Waals surface area (Å²) >= 11 is 0. The molecule has 0 fully saturated rings. The number of halogens is 3. The van der Waals surface area contributed by atoms with E-state index in [1.807, 2.05) is 0 Å². The van der Waals surface area contributed by atoms with Crippen LogP contribution < -0.4 is 11.5 Å². The van der Waals surface area contributed by atoms with E-state index in [4.69, 9.17) is 11.5 Å². The van der Waals surface area contributed by atoms with Crippen LogP contribution in [0.4, 0.5) is 24.5 Å². The van der Waals surface area contributed by atoms with Crippen molar-refractivity contribution >= 4 is 11.4 Å². The maximum absolute atomic E-state index is 14.0. The van der Waals surface area contributed by atoms with Crippen molar-refractivity contribution in [3.05, 3.63) is 57.6 Å². The van der Waals surface area contributed by atoms with Crippen LogP contribution >= 0.6 is 0 Å². The van der Waals surface area contributed by atoms with Crippen LogP contribution in [-0.4, -0.2) is 6.18 Å². The zero-order valence-corrected chi connectivity index (χ0v) is 13.7. The fourth-order valence-corrected chi connectivity index (χ4v) is 3.40. The van der Waals surface area contributed by atoms with Gasteiger partial charge in [0, 0.05) is 11.4 Å². The highest BCUT2D eigenvalue weighted by Gasteiger charge is 2.44. The summed E-state index contributed by atoms with van der Waals surface area (Å²) in [5.41, 5.74) is 15.2. The number of hydrogen-bond acceptors (Lipinski definition) is 2. The number of rotatable bonds is 2. The molecule has 0 bridgehead atoms. The lowest BCUT2D eigenvalue weighted by molar-refractivity contribution is -0.141. The van der Waals surface area contributed by atoms with Crippen LogP contribution in [0.25, 0.3) is 0 Å². The van der Waals surface area contributed by atoms with Gasteiger partial charge in [0.05, 0.1) is 0 Å². The van der Waals surface area contributed by atoms with E-state index in [1.54, 1.807) is 52.0 Å². The fourth-order valence-electron chi connectivity index (χ4n) is 3.40. The summed E-state index contributed by atoms with van der Waals surface area (Å²) < 4.78 is 41.9. The third kappa shape index (κ3) is 3.28. The SMILES string of the molecule is Cc1cc(N)cc(C)c1C(c1c(C)cc(N)cc1C)C(F)(F)F. The Morgan fingerprint density at radius 2 is 0.957 bits per heavy atom. The minimum absolute atomic E-state index is 0.266. The van der Waals surface area contributed by atoms with Crippen molar-refractivity contribution in [3.8, 4) is 0 Å². The summed E-state index contributed by atoms with van der Waals surface area (Å²) in [6.07, 6.45) is -4.41. The molecule has 124 valence electrons. The first-order valence-corrected chi connectivity index (χ1v) is 7.32. The largest absolute Gasteiger partial charge is 0.399 e. The molecule has 0 amide bonds. The van der Waals surface area contributed by atoms with Gasteiger partial charge in [0.15, 0.2) is 0 Å². The average Bonchev–Trinajstić information content (AvgIpc) is 2.33. The molecule has 2 aromatic rings. The van der Waals surface area contributed by atoms with Gasteiger partial charge in [-0.2, -0.15) is 13.2 Å². The predicted octanol–water partition coefficient (Wildman–Crippen LogP) is 4.78. The number of aryl methyl sites for hydroxylation is 4.